The molecule has 6 nitrogen and oxygen atoms in total. The van der Waals surface area contributed by atoms with Crippen LogP contribution in [0.1, 0.15) is 0 Å². The van der Waals surface area contributed by atoms with Crippen molar-refractivity contribution in [1.82, 2.24) is 29.2 Å². The number of rotatable bonds is 1. The third kappa shape index (κ3) is 1.57. The van der Waals surface area contributed by atoms with Crippen LogP contribution in [0.2, 0.25) is 5.15 Å². The average molecular weight is 271 g/mol. The normalized spacial score (nSPS) is 11.4. The number of aromatic nitrogens is 6. The maximum Gasteiger partial charge on any atom is 0.205 e. The Kier molecular flexibility index (Phi) is 2.07. The van der Waals surface area contributed by atoms with E-state index in [1.165, 1.54) is 0 Å². The maximum absolute atomic E-state index is 5.90. The summed E-state index contributed by atoms with van der Waals surface area (Å²) in [4.78, 5) is 4.49. The van der Waals surface area contributed by atoms with Gasteiger partial charge >= 0.3 is 0 Å². The van der Waals surface area contributed by atoms with Gasteiger partial charge in [0, 0.05) is 12.4 Å². The number of imidazole rings is 1. The van der Waals surface area contributed by atoms with Gasteiger partial charge in [-0.25, -0.2) is 4.98 Å². The quantitative estimate of drug-likeness (QED) is 0.531. The average Bonchev–Trinajstić information content (AvgIpc) is 3.00. The number of fused-ring (bicyclic) bond motifs is 2. The van der Waals surface area contributed by atoms with Crippen LogP contribution in [0.15, 0.2) is 42.7 Å². The van der Waals surface area contributed by atoms with Gasteiger partial charge in [0.25, 0.3) is 0 Å². The van der Waals surface area contributed by atoms with Gasteiger partial charge in [-0.2, -0.15) is 9.61 Å². The molecule has 0 atom stereocenters. The fourth-order valence-corrected chi connectivity index (χ4v) is 2.11. The zero-order chi connectivity index (χ0) is 12.8. The molecule has 0 aliphatic heterocycles. The molecule has 4 aromatic rings. The highest BCUT2D eigenvalue weighted by atomic mass is 35.5. The first-order chi connectivity index (χ1) is 9.31. The second-order valence-corrected chi connectivity index (χ2v) is 4.43. The summed E-state index contributed by atoms with van der Waals surface area (Å²) in [7, 11) is 0. The number of nitrogens with zero attached hydrogens (tertiary/aromatic N) is 6. The maximum atomic E-state index is 5.90. The number of hydrogen-bond acceptors (Lipinski definition) is 4. The molecule has 0 unspecified atom stereocenters. The van der Waals surface area contributed by atoms with Crippen LogP contribution < -0.4 is 0 Å². The van der Waals surface area contributed by atoms with Gasteiger partial charge < -0.3 is 4.40 Å². The number of hydrogen-bond donors (Lipinski definition) is 0. The first kappa shape index (κ1) is 10.5. The molecule has 0 aliphatic rings. The second kappa shape index (κ2) is 3.76. The van der Waals surface area contributed by atoms with Crippen molar-refractivity contribution in [2.75, 3.05) is 0 Å². The minimum Gasteiger partial charge on any atom is -0.306 e. The first-order valence-electron chi connectivity index (χ1n) is 5.63. The van der Waals surface area contributed by atoms with E-state index in [1.807, 2.05) is 35.0 Å². The third-order valence-corrected chi connectivity index (χ3v) is 3.02. The highest BCUT2D eigenvalue weighted by molar-refractivity contribution is 6.29. The summed E-state index contributed by atoms with van der Waals surface area (Å²) in [5.41, 5.74) is 2.18. The van der Waals surface area contributed by atoms with Crippen LogP contribution in [0, 0.1) is 0 Å². The Balaban J connectivity index is 2.00. The van der Waals surface area contributed by atoms with Gasteiger partial charge in [-0.3, -0.25) is 0 Å². The van der Waals surface area contributed by atoms with Gasteiger partial charge in [-0.05, 0) is 24.3 Å². The summed E-state index contributed by atoms with van der Waals surface area (Å²) in [6.45, 7) is 0. The van der Waals surface area contributed by atoms with E-state index in [0.717, 1.165) is 5.65 Å². The molecule has 0 fully saturated rings. The molecule has 4 heterocycles. The van der Waals surface area contributed by atoms with Crippen LogP contribution in [-0.4, -0.2) is 29.2 Å². The van der Waals surface area contributed by atoms with E-state index in [2.05, 4.69) is 20.3 Å². The summed E-state index contributed by atoms with van der Waals surface area (Å²) < 4.78 is 3.51. The van der Waals surface area contributed by atoms with Crippen molar-refractivity contribution in [2.24, 2.45) is 0 Å². The van der Waals surface area contributed by atoms with Crippen molar-refractivity contribution in [3.05, 3.63) is 47.9 Å². The van der Waals surface area contributed by atoms with E-state index in [9.17, 15) is 0 Å². The largest absolute Gasteiger partial charge is 0.306 e. The fraction of sp³-hybridized carbons (Fsp3) is 0. The molecule has 0 radical (unpaired) electrons. The van der Waals surface area contributed by atoms with Crippen molar-refractivity contribution < 1.29 is 0 Å². The number of halogens is 1. The topological polar surface area (TPSA) is 60.4 Å². The lowest BCUT2D eigenvalue weighted by atomic mass is 10.4. The summed E-state index contributed by atoms with van der Waals surface area (Å²) in [6.07, 6.45) is 3.81. The molecule has 4 rings (SSSR count). The molecule has 92 valence electrons. The monoisotopic (exact) mass is 270 g/mol. The molecular formula is C12H7ClN6. The molecule has 0 spiro atoms. The Morgan fingerprint density at radius 2 is 1.95 bits per heavy atom. The predicted molar refractivity (Wildman–Crippen MR) is 70.0 cm³/mol. The third-order valence-electron chi connectivity index (χ3n) is 2.82. The van der Waals surface area contributed by atoms with Crippen LogP contribution in [0.5, 0.6) is 0 Å². The molecular weight excluding hydrogens is 264 g/mol. The van der Waals surface area contributed by atoms with E-state index in [0.29, 0.717) is 22.3 Å². The zero-order valence-corrected chi connectivity index (χ0v) is 10.4. The van der Waals surface area contributed by atoms with Gasteiger partial charge in [-0.1, -0.05) is 17.7 Å². The van der Waals surface area contributed by atoms with Crippen LogP contribution in [0.25, 0.3) is 22.8 Å². The first-order valence-corrected chi connectivity index (χ1v) is 6.01. The Bertz CT molecular complexity index is 860. The van der Waals surface area contributed by atoms with E-state index in [4.69, 9.17) is 11.6 Å². The van der Waals surface area contributed by atoms with Gasteiger partial charge in [-0.15, -0.1) is 10.2 Å². The van der Waals surface area contributed by atoms with Crippen molar-refractivity contribution in [1.29, 1.82) is 0 Å². The Morgan fingerprint density at radius 1 is 1.00 bits per heavy atom. The summed E-state index contributed by atoms with van der Waals surface area (Å²) >= 11 is 5.90. The highest BCUT2D eigenvalue weighted by Gasteiger charge is 2.12. The van der Waals surface area contributed by atoms with Crippen LogP contribution >= 0.6 is 11.6 Å². The molecule has 0 saturated carbocycles. The molecule has 0 aromatic carbocycles. The molecule has 0 N–H and O–H groups in total. The van der Waals surface area contributed by atoms with Gasteiger partial charge in [0.1, 0.15) is 16.5 Å². The van der Waals surface area contributed by atoms with Crippen molar-refractivity contribution >= 4 is 22.9 Å². The highest BCUT2D eigenvalue weighted by Crippen LogP contribution is 2.18. The smallest absolute Gasteiger partial charge is 0.205 e. The Morgan fingerprint density at radius 3 is 2.84 bits per heavy atom. The summed E-state index contributed by atoms with van der Waals surface area (Å²) in [5.74, 6) is 0.571. The molecule has 0 saturated heterocycles. The molecule has 4 aromatic heterocycles. The van der Waals surface area contributed by atoms with E-state index in [1.54, 1.807) is 16.6 Å². The second-order valence-electron chi connectivity index (χ2n) is 4.04. The molecule has 19 heavy (non-hydrogen) atoms. The van der Waals surface area contributed by atoms with Crippen LogP contribution in [-0.2, 0) is 0 Å². The minimum absolute atomic E-state index is 0.386. The lowest BCUT2D eigenvalue weighted by molar-refractivity contribution is 0.932. The zero-order valence-electron chi connectivity index (χ0n) is 9.60. The predicted octanol–water partition coefficient (Wildman–Crippen LogP) is 2.09. The Labute approximate surface area is 112 Å². The Hall–Kier alpha value is -2.47. The minimum atomic E-state index is 0.386. The van der Waals surface area contributed by atoms with E-state index >= 15 is 0 Å². The summed E-state index contributed by atoms with van der Waals surface area (Å²) in [6, 6.07) is 9.24. The number of pyridine rings is 1. The van der Waals surface area contributed by atoms with Crippen LogP contribution in [0.3, 0.4) is 0 Å². The standard InChI is InChI=1S/C12H7ClN6/c13-9-4-5-11-15-16-12(19(11)17-9)8-7-18-6-2-1-3-10(18)14-8/h1-7H. The molecule has 0 bridgehead atoms. The summed E-state index contributed by atoms with van der Waals surface area (Å²) in [5, 5.41) is 12.7. The van der Waals surface area contributed by atoms with E-state index in [-0.39, 0.29) is 0 Å². The van der Waals surface area contributed by atoms with Crippen molar-refractivity contribution in [3.63, 3.8) is 0 Å². The molecule has 7 heteroatoms. The van der Waals surface area contributed by atoms with Crippen molar-refractivity contribution in [2.45, 2.75) is 0 Å². The van der Waals surface area contributed by atoms with Crippen molar-refractivity contribution in [3.8, 4) is 11.5 Å². The van der Waals surface area contributed by atoms with E-state index < -0.39 is 0 Å². The molecule has 0 aliphatic carbocycles. The molecule has 0 amide bonds. The fourth-order valence-electron chi connectivity index (χ4n) is 1.97. The SMILES string of the molecule is Clc1ccc2nnc(-c3cn4ccccc4n3)n2n1. The lowest BCUT2D eigenvalue weighted by Crippen LogP contribution is -1.94. The lowest BCUT2D eigenvalue weighted by Gasteiger charge is -1.94. The van der Waals surface area contributed by atoms with Gasteiger partial charge in [0.2, 0.25) is 5.82 Å². The van der Waals surface area contributed by atoms with Gasteiger partial charge in [0.15, 0.2) is 5.65 Å². The van der Waals surface area contributed by atoms with Gasteiger partial charge in [0.05, 0.1) is 0 Å². The van der Waals surface area contributed by atoms with Crippen LogP contribution in [0.4, 0.5) is 0 Å².